The van der Waals surface area contributed by atoms with E-state index in [2.05, 4.69) is 5.32 Å². The zero-order valence-electron chi connectivity index (χ0n) is 10.4. The molecule has 3 nitrogen and oxygen atoms in total. The van der Waals surface area contributed by atoms with Crippen LogP contribution in [-0.4, -0.2) is 24.8 Å². The topological polar surface area (TPSA) is 41.1 Å². The Morgan fingerprint density at radius 1 is 1.14 bits per heavy atom. The van der Waals surface area contributed by atoms with E-state index in [4.69, 9.17) is 0 Å². The summed E-state index contributed by atoms with van der Waals surface area (Å²) in [6.45, 7) is 0.625. The van der Waals surface area contributed by atoms with Crippen LogP contribution in [0.5, 0.6) is 0 Å². The number of hydrogen-bond acceptors (Lipinski definition) is 2. The van der Waals surface area contributed by atoms with Gasteiger partial charge >= 0.3 is 12.4 Å². The van der Waals surface area contributed by atoms with Crippen molar-refractivity contribution in [3.8, 4) is 0 Å². The highest BCUT2D eigenvalue weighted by atomic mass is 19.4. The van der Waals surface area contributed by atoms with Gasteiger partial charge in [0.05, 0.1) is 0 Å². The number of nitrogens with one attached hydrogen (secondary N) is 2. The van der Waals surface area contributed by atoms with Gasteiger partial charge in [0, 0.05) is 17.9 Å². The third kappa shape index (κ3) is 3.40. The lowest BCUT2D eigenvalue weighted by atomic mass is 10.1. The van der Waals surface area contributed by atoms with E-state index in [0.29, 0.717) is 13.0 Å². The molecule has 1 aliphatic rings. The molecule has 0 fully saturated rings. The summed E-state index contributed by atoms with van der Waals surface area (Å²) in [5.74, 6) is -6.18. The number of anilines is 2. The minimum absolute atomic E-state index is 0.0963. The number of hydrogen-bond donors (Lipinski definition) is 2. The SMILES string of the molecule is O=C(Nc1ccc2c(c1)CCN2)C(C(F)(F)F)C(F)(F)F. The molecule has 0 atom stereocenters. The zero-order chi connectivity index (χ0) is 15.8. The number of carbonyl (C=O) groups excluding carboxylic acids is 1. The van der Waals surface area contributed by atoms with Crippen LogP contribution in [0.15, 0.2) is 18.2 Å². The number of benzene rings is 1. The molecule has 2 N–H and O–H groups in total. The molecule has 0 saturated carbocycles. The molecule has 0 unspecified atom stereocenters. The van der Waals surface area contributed by atoms with E-state index in [0.717, 1.165) is 11.3 Å². The second-order valence-electron chi connectivity index (χ2n) is 4.55. The Morgan fingerprint density at radius 2 is 1.76 bits per heavy atom. The van der Waals surface area contributed by atoms with Crippen LogP contribution in [0, 0.1) is 5.92 Å². The van der Waals surface area contributed by atoms with Crippen LogP contribution in [0.4, 0.5) is 37.7 Å². The highest BCUT2D eigenvalue weighted by molar-refractivity contribution is 5.94. The second-order valence-corrected chi connectivity index (χ2v) is 4.55. The number of amides is 1. The van der Waals surface area contributed by atoms with Crippen LogP contribution < -0.4 is 10.6 Å². The van der Waals surface area contributed by atoms with Crippen molar-refractivity contribution >= 4 is 17.3 Å². The average molecular weight is 312 g/mol. The number of rotatable bonds is 2. The van der Waals surface area contributed by atoms with Gasteiger partial charge in [0.1, 0.15) is 0 Å². The average Bonchev–Trinajstić information content (AvgIpc) is 2.71. The summed E-state index contributed by atoms with van der Waals surface area (Å²) in [5, 5.41) is 4.66. The molecule has 1 amide bonds. The highest BCUT2D eigenvalue weighted by Gasteiger charge is 2.61. The Kier molecular flexibility index (Phi) is 3.77. The number of halogens is 6. The molecule has 0 aliphatic carbocycles. The van der Waals surface area contributed by atoms with Crippen molar-refractivity contribution in [2.24, 2.45) is 5.92 Å². The largest absolute Gasteiger partial charge is 0.409 e. The fourth-order valence-corrected chi connectivity index (χ4v) is 2.08. The molecular weight excluding hydrogens is 302 g/mol. The quantitative estimate of drug-likeness (QED) is 0.823. The van der Waals surface area contributed by atoms with Crippen molar-refractivity contribution in [1.82, 2.24) is 0 Å². The van der Waals surface area contributed by atoms with Gasteiger partial charge in [-0.15, -0.1) is 0 Å². The summed E-state index contributed by atoms with van der Waals surface area (Å²) in [4.78, 5) is 11.3. The van der Waals surface area contributed by atoms with E-state index >= 15 is 0 Å². The first kappa shape index (κ1) is 15.5. The van der Waals surface area contributed by atoms with E-state index in [1.165, 1.54) is 18.2 Å². The Labute approximate surface area is 115 Å². The van der Waals surface area contributed by atoms with Crippen molar-refractivity contribution in [1.29, 1.82) is 0 Å². The van der Waals surface area contributed by atoms with Gasteiger partial charge in [-0.25, -0.2) is 0 Å². The first-order chi connectivity index (χ1) is 9.59. The van der Waals surface area contributed by atoms with E-state index in [-0.39, 0.29) is 5.69 Å². The van der Waals surface area contributed by atoms with E-state index < -0.39 is 24.2 Å². The molecule has 9 heteroatoms. The van der Waals surface area contributed by atoms with E-state index in [9.17, 15) is 31.1 Å². The predicted octanol–water partition coefficient (Wildman–Crippen LogP) is 3.33. The monoisotopic (exact) mass is 312 g/mol. The maximum Gasteiger partial charge on any atom is 0.409 e. The fraction of sp³-hybridized carbons (Fsp3) is 0.417. The summed E-state index contributed by atoms with van der Waals surface area (Å²) < 4.78 is 74.4. The predicted molar refractivity (Wildman–Crippen MR) is 62.9 cm³/mol. The number of carbonyl (C=O) groups is 1. The van der Waals surface area contributed by atoms with Crippen molar-refractivity contribution in [3.63, 3.8) is 0 Å². The van der Waals surface area contributed by atoms with Crippen molar-refractivity contribution < 1.29 is 31.1 Å². The summed E-state index contributed by atoms with van der Waals surface area (Å²) >= 11 is 0. The first-order valence-electron chi connectivity index (χ1n) is 5.90. The molecule has 0 aromatic heterocycles. The van der Waals surface area contributed by atoms with Gasteiger partial charge in [0.15, 0.2) is 0 Å². The van der Waals surface area contributed by atoms with Crippen molar-refractivity contribution in [2.45, 2.75) is 18.8 Å². The Bertz CT molecular complexity index is 538. The summed E-state index contributed by atoms with van der Waals surface area (Å²) in [6, 6.07) is 4.10. The molecule has 1 heterocycles. The molecule has 116 valence electrons. The van der Waals surface area contributed by atoms with E-state index in [1.807, 2.05) is 0 Å². The highest BCUT2D eigenvalue weighted by Crippen LogP contribution is 2.40. The number of fused-ring (bicyclic) bond motifs is 1. The molecule has 0 saturated heterocycles. The van der Waals surface area contributed by atoms with Crippen LogP contribution in [0.25, 0.3) is 0 Å². The van der Waals surface area contributed by atoms with Gasteiger partial charge in [0.2, 0.25) is 11.8 Å². The fourth-order valence-electron chi connectivity index (χ4n) is 2.08. The Hall–Kier alpha value is -1.93. The second kappa shape index (κ2) is 5.12. The lowest BCUT2D eigenvalue weighted by Crippen LogP contribution is -2.45. The molecule has 2 rings (SSSR count). The van der Waals surface area contributed by atoms with Crippen LogP contribution in [0.2, 0.25) is 0 Å². The van der Waals surface area contributed by atoms with Gasteiger partial charge in [-0.1, -0.05) is 0 Å². The molecular formula is C12H10F6N2O. The molecule has 0 bridgehead atoms. The summed E-state index contributed by atoms with van der Waals surface area (Å²) in [7, 11) is 0. The molecule has 0 radical (unpaired) electrons. The minimum atomic E-state index is -5.69. The lowest BCUT2D eigenvalue weighted by Gasteiger charge is -2.22. The van der Waals surface area contributed by atoms with Gasteiger partial charge in [0.25, 0.3) is 0 Å². The van der Waals surface area contributed by atoms with Gasteiger partial charge in [-0.05, 0) is 30.2 Å². The normalized spacial score (nSPS) is 14.8. The Balaban J connectivity index is 2.19. The molecule has 1 aromatic rings. The molecule has 21 heavy (non-hydrogen) atoms. The number of alkyl halides is 6. The molecule has 1 aromatic carbocycles. The van der Waals surface area contributed by atoms with Crippen LogP contribution in [0.3, 0.4) is 0 Å². The zero-order valence-corrected chi connectivity index (χ0v) is 10.4. The van der Waals surface area contributed by atoms with Crippen LogP contribution in [-0.2, 0) is 11.2 Å². The van der Waals surface area contributed by atoms with E-state index in [1.54, 1.807) is 5.32 Å². The maximum absolute atomic E-state index is 12.4. The maximum atomic E-state index is 12.4. The van der Waals surface area contributed by atoms with Crippen LogP contribution >= 0.6 is 0 Å². The summed E-state index contributed by atoms with van der Waals surface area (Å²) in [5.41, 5.74) is 1.38. The van der Waals surface area contributed by atoms with Gasteiger partial charge < -0.3 is 10.6 Å². The van der Waals surface area contributed by atoms with Crippen LogP contribution in [0.1, 0.15) is 5.56 Å². The summed E-state index contributed by atoms with van der Waals surface area (Å²) in [6.07, 6.45) is -10.8. The Morgan fingerprint density at radius 3 is 2.33 bits per heavy atom. The molecule has 0 spiro atoms. The first-order valence-corrected chi connectivity index (χ1v) is 5.90. The van der Waals surface area contributed by atoms with Gasteiger partial charge in [-0.3, -0.25) is 4.79 Å². The molecule has 1 aliphatic heterocycles. The minimum Gasteiger partial charge on any atom is -0.384 e. The lowest BCUT2D eigenvalue weighted by molar-refractivity contribution is -0.272. The third-order valence-corrected chi connectivity index (χ3v) is 3.00. The standard InChI is InChI=1S/C12H10F6N2O/c13-11(14,15)9(12(16,17)18)10(21)20-7-1-2-8-6(5-7)3-4-19-8/h1-2,5,9,19H,3-4H2,(H,20,21). The van der Waals surface area contributed by atoms with Crippen molar-refractivity contribution in [2.75, 3.05) is 17.2 Å². The van der Waals surface area contributed by atoms with Gasteiger partial charge in [-0.2, -0.15) is 26.3 Å². The van der Waals surface area contributed by atoms with Crippen molar-refractivity contribution in [3.05, 3.63) is 23.8 Å². The third-order valence-electron chi connectivity index (χ3n) is 3.00. The smallest absolute Gasteiger partial charge is 0.384 e.